The number of esters is 1. The molecule has 8 heteroatoms. The Hall–Kier alpha value is -2.09. The third-order valence-electron chi connectivity index (χ3n) is 4.17. The molecule has 0 fully saturated rings. The van der Waals surface area contributed by atoms with E-state index in [9.17, 15) is 13.2 Å². The Bertz CT molecular complexity index is 943. The fourth-order valence-electron chi connectivity index (χ4n) is 2.71. The Morgan fingerprint density at radius 2 is 1.89 bits per heavy atom. The van der Waals surface area contributed by atoms with Gasteiger partial charge in [-0.25, -0.2) is 17.9 Å². The molecule has 0 saturated heterocycles. The van der Waals surface area contributed by atoms with Crippen molar-refractivity contribution in [2.24, 2.45) is 0 Å². The second kappa shape index (κ2) is 8.73. The Morgan fingerprint density at radius 3 is 2.44 bits per heavy atom. The molecule has 0 unspecified atom stereocenters. The summed E-state index contributed by atoms with van der Waals surface area (Å²) in [6, 6.07) is 9.02. The van der Waals surface area contributed by atoms with Crippen LogP contribution in [0.1, 0.15) is 40.9 Å². The van der Waals surface area contributed by atoms with Crippen LogP contribution in [-0.4, -0.2) is 28.6 Å². The Labute approximate surface area is 164 Å². The van der Waals surface area contributed by atoms with E-state index in [1.54, 1.807) is 13.2 Å². The first-order chi connectivity index (χ1) is 12.7. The topological polar surface area (TPSA) is 81.7 Å². The summed E-state index contributed by atoms with van der Waals surface area (Å²) in [5.74, 6) is 0.0891. The van der Waals surface area contributed by atoms with Gasteiger partial charge >= 0.3 is 5.97 Å². The van der Waals surface area contributed by atoms with Gasteiger partial charge in [0.05, 0.1) is 24.8 Å². The number of halogens is 1. The van der Waals surface area contributed by atoms with Gasteiger partial charge in [0.1, 0.15) is 10.6 Å². The maximum absolute atomic E-state index is 12.9. The van der Waals surface area contributed by atoms with E-state index in [0.29, 0.717) is 6.42 Å². The highest BCUT2D eigenvalue weighted by molar-refractivity contribution is 7.89. The molecule has 0 saturated carbocycles. The van der Waals surface area contributed by atoms with Crippen LogP contribution in [0.5, 0.6) is 5.75 Å². The molecular weight excluding hydrogens is 390 g/mol. The van der Waals surface area contributed by atoms with Crippen molar-refractivity contribution in [3.05, 3.63) is 58.1 Å². The molecule has 0 aliphatic rings. The average Bonchev–Trinajstić information content (AvgIpc) is 2.65. The minimum Gasteiger partial charge on any atom is -0.496 e. The summed E-state index contributed by atoms with van der Waals surface area (Å²) in [5.41, 5.74) is 1.81. The summed E-state index contributed by atoms with van der Waals surface area (Å²) in [6.45, 7) is 3.76. The van der Waals surface area contributed by atoms with Gasteiger partial charge in [-0.3, -0.25) is 0 Å². The van der Waals surface area contributed by atoms with E-state index in [2.05, 4.69) is 9.46 Å². The van der Waals surface area contributed by atoms with Gasteiger partial charge < -0.3 is 9.47 Å². The lowest BCUT2D eigenvalue weighted by Crippen LogP contribution is -2.29. The molecule has 0 aliphatic carbocycles. The third-order valence-corrected chi connectivity index (χ3v) is 6.12. The van der Waals surface area contributed by atoms with Crippen molar-refractivity contribution in [2.75, 3.05) is 14.2 Å². The molecular formula is C19H22ClNO5S. The van der Waals surface area contributed by atoms with Crippen molar-refractivity contribution in [1.82, 2.24) is 4.72 Å². The standard InChI is InChI=1S/C19H22ClNO5S/c1-5-16(13-7-9-17(25-3)12(2)10-13)21-27(23,24)18-11-14(19(22)26-4)6-8-15(18)20/h6-11,16,21H,5H2,1-4H3/t16-/m1/s1. The van der Waals surface area contributed by atoms with Crippen LogP contribution in [0.15, 0.2) is 41.3 Å². The molecule has 0 amide bonds. The van der Waals surface area contributed by atoms with Crippen LogP contribution in [-0.2, 0) is 14.8 Å². The maximum Gasteiger partial charge on any atom is 0.337 e. The van der Waals surface area contributed by atoms with Gasteiger partial charge in [0.2, 0.25) is 10.0 Å². The largest absolute Gasteiger partial charge is 0.496 e. The van der Waals surface area contributed by atoms with Crippen molar-refractivity contribution in [2.45, 2.75) is 31.2 Å². The maximum atomic E-state index is 12.9. The van der Waals surface area contributed by atoms with Gasteiger partial charge in [-0.2, -0.15) is 0 Å². The van der Waals surface area contributed by atoms with Gasteiger partial charge in [-0.15, -0.1) is 0 Å². The molecule has 2 aromatic carbocycles. The van der Waals surface area contributed by atoms with E-state index in [1.807, 2.05) is 26.0 Å². The van der Waals surface area contributed by atoms with Crippen LogP contribution in [0.2, 0.25) is 5.02 Å². The number of carbonyl (C=O) groups excluding carboxylic acids is 1. The number of rotatable bonds is 7. The quantitative estimate of drug-likeness (QED) is 0.699. The highest BCUT2D eigenvalue weighted by Gasteiger charge is 2.24. The van der Waals surface area contributed by atoms with E-state index in [-0.39, 0.29) is 15.5 Å². The molecule has 0 aliphatic heterocycles. The Kier molecular flexibility index (Phi) is 6.86. The number of methoxy groups -OCH3 is 2. The average molecular weight is 412 g/mol. The second-order valence-corrected chi connectivity index (χ2v) is 8.04. The number of carbonyl (C=O) groups is 1. The summed E-state index contributed by atoms with van der Waals surface area (Å²) in [5, 5.41) is 0.0240. The molecule has 0 heterocycles. The number of ether oxygens (including phenoxy) is 2. The van der Waals surface area contributed by atoms with E-state index >= 15 is 0 Å². The summed E-state index contributed by atoms with van der Waals surface area (Å²) in [7, 11) is -1.16. The molecule has 0 radical (unpaired) electrons. The van der Waals surface area contributed by atoms with Crippen molar-refractivity contribution in [3.8, 4) is 5.75 Å². The first-order valence-electron chi connectivity index (χ1n) is 8.28. The van der Waals surface area contributed by atoms with Gasteiger partial charge in [0, 0.05) is 6.04 Å². The minimum absolute atomic E-state index is 0.0240. The molecule has 27 heavy (non-hydrogen) atoms. The van der Waals surface area contributed by atoms with Gasteiger partial charge in [0.15, 0.2) is 0 Å². The first kappa shape index (κ1) is 21.2. The Balaban J connectivity index is 2.39. The zero-order chi connectivity index (χ0) is 20.2. The number of sulfonamides is 1. The third kappa shape index (κ3) is 4.80. The zero-order valence-electron chi connectivity index (χ0n) is 15.6. The summed E-state index contributed by atoms with van der Waals surface area (Å²) < 4.78 is 38.3. The molecule has 1 atom stereocenters. The zero-order valence-corrected chi connectivity index (χ0v) is 17.1. The number of benzene rings is 2. The van der Waals surface area contributed by atoms with E-state index in [4.69, 9.17) is 16.3 Å². The molecule has 0 bridgehead atoms. The van der Waals surface area contributed by atoms with Crippen molar-refractivity contribution in [3.63, 3.8) is 0 Å². The smallest absolute Gasteiger partial charge is 0.337 e. The molecule has 2 aromatic rings. The molecule has 0 aromatic heterocycles. The van der Waals surface area contributed by atoms with Crippen molar-refractivity contribution < 1.29 is 22.7 Å². The van der Waals surface area contributed by atoms with Crippen LogP contribution in [0.4, 0.5) is 0 Å². The molecule has 2 rings (SSSR count). The van der Waals surface area contributed by atoms with Gasteiger partial charge in [-0.05, 0) is 48.7 Å². The predicted octanol–water partition coefficient (Wildman–Crippen LogP) is 3.87. The number of hydrogen-bond acceptors (Lipinski definition) is 5. The lowest BCUT2D eigenvalue weighted by Gasteiger charge is -2.19. The lowest BCUT2D eigenvalue weighted by molar-refractivity contribution is 0.0600. The number of nitrogens with one attached hydrogen (secondary N) is 1. The monoisotopic (exact) mass is 411 g/mol. The first-order valence-corrected chi connectivity index (χ1v) is 10.1. The lowest BCUT2D eigenvalue weighted by atomic mass is 10.0. The number of hydrogen-bond donors (Lipinski definition) is 1. The van der Waals surface area contributed by atoms with Crippen LogP contribution < -0.4 is 9.46 Å². The highest BCUT2D eigenvalue weighted by Crippen LogP contribution is 2.28. The molecule has 146 valence electrons. The molecule has 1 N–H and O–H groups in total. The fraction of sp³-hybridized carbons (Fsp3) is 0.316. The normalized spacial score (nSPS) is 12.5. The predicted molar refractivity (Wildman–Crippen MR) is 104 cm³/mol. The van der Waals surface area contributed by atoms with Gasteiger partial charge in [-0.1, -0.05) is 30.7 Å². The highest BCUT2D eigenvalue weighted by atomic mass is 35.5. The molecule has 0 spiro atoms. The number of aryl methyl sites for hydroxylation is 1. The Morgan fingerprint density at radius 1 is 1.19 bits per heavy atom. The fourth-order valence-corrected chi connectivity index (χ4v) is 4.54. The summed E-state index contributed by atoms with van der Waals surface area (Å²) in [6.07, 6.45) is 0.527. The van der Waals surface area contributed by atoms with Crippen molar-refractivity contribution >= 4 is 27.6 Å². The SMILES string of the molecule is CC[C@@H](NS(=O)(=O)c1cc(C(=O)OC)ccc1Cl)c1ccc(OC)c(C)c1. The van der Waals surface area contributed by atoms with Crippen molar-refractivity contribution in [1.29, 1.82) is 0 Å². The van der Waals surface area contributed by atoms with Crippen LogP contribution in [0.3, 0.4) is 0 Å². The van der Waals surface area contributed by atoms with Crippen LogP contribution >= 0.6 is 11.6 Å². The minimum atomic E-state index is -3.96. The second-order valence-electron chi connectivity index (χ2n) is 5.95. The van der Waals surface area contributed by atoms with Crippen LogP contribution in [0, 0.1) is 6.92 Å². The van der Waals surface area contributed by atoms with E-state index in [0.717, 1.165) is 16.9 Å². The summed E-state index contributed by atoms with van der Waals surface area (Å²) in [4.78, 5) is 11.5. The van der Waals surface area contributed by atoms with Gasteiger partial charge in [0.25, 0.3) is 0 Å². The summed E-state index contributed by atoms with van der Waals surface area (Å²) >= 11 is 6.08. The van der Waals surface area contributed by atoms with Crippen LogP contribution in [0.25, 0.3) is 0 Å². The molecule has 6 nitrogen and oxygen atoms in total. The van der Waals surface area contributed by atoms with E-state index < -0.39 is 22.0 Å². The van der Waals surface area contributed by atoms with E-state index in [1.165, 1.54) is 25.3 Å².